The Kier molecular flexibility index (Phi) is 4.17. The van der Waals surface area contributed by atoms with Gasteiger partial charge in [-0.05, 0) is 12.1 Å². The van der Waals surface area contributed by atoms with E-state index in [9.17, 15) is 14.9 Å². The summed E-state index contributed by atoms with van der Waals surface area (Å²) in [7, 11) is 0. The Balaban J connectivity index is 1.85. The number of hydrogen-bond acceptors (Lipinski definition) is 7. The molecule has 8 nitrogen and oxygen atoms in total. The van der Waals surface area contributed by atoms with Crippen LogP contribution in [0.15, 0.2) is 42.7 Å². The van der Waals surface area contributed by atoms with Crippen molar-refractivity contribution >= 4 is 17.6 Å². The molecule has 8 heteroatoms. The molecule has 2 rings (SSSR count). The van der Waals surface area contributed by atoms with Crippen molar-refractivity contribution in [2.24, 2.45) is 0 Å². The summed E-state index contributed by atoms with van der Waals surface area (Å²) in [6, 6.07) is 8.60. The van der Waals surface area contributed by atoms with Crippen molar-refractivity contribution < 1.29 is 14.5 Å². The normalized spacial score (nSPS) is 9.80. The molecule has 0 fully saturated rings. The lowest BCUT2D eigenvalue weighted by Crippen LogP contribution is -2.20. The van der Waals surface area contributed by atoms with Crippen LogP contribution in [-0.2, 0) is 4.79 Å². The predicted octanol–water partition coefficient (Wildman–Crippen LogP) is 1.40. The minimum absolute atomic E-state index is 0.112. The molecule has 102 valence electrons. The summed E-state index contributed by atoms with van der Waals surface area (Å²) in [5, 5.41) is 13.0. The second-order valence-corrected chi connectivity index (χ2v) is 3.66. The highest BCUT2D eigenvalue weighted by Crippen LogP contribution is 2.09. The summed E-state index contributed by atoms with van der Waals surface area (Å²) in [6.45, 7) is -0.146. The van der Waals surface area contributed by atoms with Gasteiger partial charge in [-0.1, -0.05) is 18.2 Å². The zero-order valence-corrected chi connectivity index (χ0v) is 10.2. The highest BCUT2D eigenvalue weighted by molar-refractivity contribution is 5.76. The number of anilines is 1. The summed E-state index contributed by atoms with van der Waals surface area (Å²) < 4.78 is 5.03. The van der Waals surface area contributed by atoms with Gasteiger partial charge in [0.25, 0.3) is 0 Å². The molecule has 0 aliphatic heterocycles. The second kappa shape index (κ2) is 6.23. The van der Waals surface area contributed by atoms with Gasteiger partial charge in [-0.25, -0.2) is 14.8 Å². The number of carbonyl (C=O) groups excluding carboxylic acids is 1. The molecule has 0 spiro atoms. The number of rotatable bonds is 5. The quantitative estimate of drug-likeness (QED) is 0.380. The Morgan fingerprint density at radius 3 is 2.50 bits per heavy atom. The number of nitrogens with zero attached hydrogens (tertiary/aromatic N) is 3. The lowest BCUT2D eigenvalue weighted by molar-refractivity contribution is -0.385. The van der Waals surface area contributed by atoms with Gasteiger partial charge < -0.3 is 10.1 Å². The van der Waals surface area contributed by atoms with Crippen molar-refractivity contribution in [2.45, 2.75) is 0 Å². The van der Waals surface area contributed by atoms with Gasteiger partial charge in [0, 0.05) is 0 Å². The fraction of sp³-hybridized carbons (Fsp3) is 0.0833. The van der Waals surface area contributed by atoms with E-state index in [-0.39, 0.29) is 18.2 Å². The minimum atomic E-state index is -0.604. The highest BCUT2D eigenvalue weighted by Gasteiger charge is 2.08. The van der Waals surface area contributed by atoms with Gasteiger partial charge in [0.05, 0.1) is 4.92 Å². The van der Waals surface area contributed by atoms with E-state index in [0.29, 0.717) is 5.75 Å². The van der Waals surface area contributed by atoms with E-state index in [2.05, 4.69) is 15.3 Å². The molecule has 2 aromatic rings. The highest BCUT2D eigenvalue weighted by atomic mass is 16.6. The van der Waals surface area contributed by atoms with Crippen molar-refractivity contribution in [3.05, 3.63) is 52.8 Å². The molecular formula is C12H10N4O4. The molecule has 0 atom stereocenters. The molecule has 0 aliphatic carbocycles. The Labute approximate surface area is 113 Å². The maximum absolute atomic E-state index is 11.5. The first-order valence-electron chi connectivity index (χ1n) is 5.61. The number of para-hydroxylation sites is 1. The van der Waals surface area contributed by atoms with Crippen LogP contribution >= 0.6 is 0 Å². The fourth-order valence-corrected chi connectivity index (χ4v) is 1.31. The number of ether oxygens (including phenoxy) is 1. The van der Waals surface area contributed by atoms with Crippen molar-refractivity contribution in [2.75, 3.05) is 11.9 Å². The Bertz CT molecular complexity index is 601. The number of benzene rings is 1. The maximum Gasteiger partial charge on any atom is 0.330 e. The Morgan fingerprint density at radius 2 is 1.90 bits per heavy atom. The summed E-state index contributed by atoms with van der Waals surface area (Å²) in [5.74, 6) is 0.0303. The monoisotopic (exact) mass is 274 g/mol. The van der Waals surface area contributed by atoms with Gasteiger partial charge in [-0.15, -0.1) is 0 Å². The third-order valence-electron chi connectivity index (χ3n) is 2.21. The van der Waals surface area contributed by atoms with Crippen molar-refractivity contribution in [1.29, 1.82) is 0 Å². The summed E-state index contributed by atoms with van der Waals surface area (Å²) in [4.78, 5) is 28.7. The third-order valence-corrected chi connectivity index (χ3v) is 2.21. The minimum Gasteiger partial charge on any atom is -0.425 e. The summed E-state index contributed by atoms with van der Waals surface area (Å²) >= 11 is 0. The molecule has 0 saturated carbocycles. The van der Waals surface area contributed by atoms with Gasteiger partial charge in [-0.3, -0.25) is 10.1 Å². The number of nitrogens with one attached hydrogen (secondary N) is 1. The molecule has 1 heterocycles. The molecule has 1 aromatic carbocycles. The number of nitro groups is 1. The van der Waals surface area contributed by atoms with E-state index < -0.39 is 10.9 Å². The van der Waals surface area contributed by atoms with E-state index in [1.54, 1.807) is 30.3 Å². The second-order valence-electron chi connectivity index (χ2n) is 3.66. The lowest BCUT2D eigenvalue weighted by atomic mass is 10.3. The predicted molar refractivity (Wildman–Crippen MR) is 69.3 cm³/mol. The number of esters is 1. The van der Waals surface area contributed by atoms with Crippen molar-refractivity contribution in [1.82, 2.24) is 9.97 Å². The van der Waals surface area contributed by atoms with Crippen LogP contribution in [0.2, 0.25) is 0 Å². The van der Waals surface area contributed by atoms with Crippen molar-refractivity contribution in [3.8, 4) is 5.75 Å². The average Bonchev–Trinajstić information content (AvgIpc) is 2.46. The number of carbonyl (C=O) groups is 1. The molecule has 1 aromatic heterocycles. The van der Waals surface area contributed by atoms with Crippen LogP contribution < -0.4 is 10.1 Å². The van der Waals surface area contributed by atoms with Gasteiger partial charge >= 0.3 is 11.7 Å². The summed E-state index contributed by atoms with van der Waals surface area (Å²) in [6.07, 6.45) is 2.11. The largest absolute Gasteiger partial charge is 0.425 e. The molecule has 1 N–H and O–H groups in total. The first-order chi connectivity index (χ1) is 9.65. The van der Waals surface area contributed by atoms with Gasteiger partial charge in [-0.2, -0.15) is 0 Å². The molecule has 20 heavy (non-hydrogen) atoms. The van der Waals surface area contributed by atoms with Crippen LogP contribution in [0, 0.1) is 10.1 Å². The van der Waals surface area contributed by atoms with Gasteiger partial charge in [0.1, 0.15) is 24.7 Å². The zero-order chi connectivity index (χ0) is 14.4. The first kappa shape index (κ1) is 13.4. The SMILES string of the molecule is O=C(CNc1ncc([N+](=O)[O-])cn1)Oc1ccccc1. The van der Waals surface area contributed by atoms with Crippen LogP contribution in [0.5, 0.6) is 5.75 Å². The molecule has 0 saturated heterocycles. The average molecular weight is 274 g/mol. The van der Waals surface area contributed by atoms with Crippen LogP contribution in [0.3, 0.4) is 0 Å². The fourth-order valence-electron chi connectivity index (χ4n) is 1.31. The molecule has 0 aliphatic rings. The first-order valence-corrected chi connectivity index (χ1v) is 5.61. The van der Waals surface area contributed by atoms with E-state index in [4.69, 9.17) is 4.74 Å². The topological polar surface area (TPSA) is 107 Å². The zero-order valence-electron chi connectivity index (χ0n) is 10.2. The van der Waals surface area contributed by atoms with Gasteiger partial charge in [0.2, 0.25) is 5.95 Å². The maximum atomic E-state index is 11.5. The lowest BCUT2D eigenvalue weighted by Gasteiger charge is -2.05. The third kappa shape index (κ3) is 3.73. The van der Waals surface area contributed by atoms with E-state index in [0.717, 1.165) is 12.4 Å². The molecule has 0 unspecified atom stereocenters. The van der Waals surface area contributed by atoms with Gasteiger partial charge in [0.15, 0.2) is 0 Å². The van der Waals surface area contributed by atoms with Crippen molar-refractivity contribution in [3.63, 3.8) is 0 Å². The molecule has 0 amide bonds. The van der Waals surface area contributed by atoms with Crippen LogP contribution in [0.25, 0.3) is 0 Å². The molecule has 0 radical (unpaired) electrons. The van der Waals surface area contributed by atoms with E-state index in [1.165, 1.54) is 0 Å². The standard InChI is InChI=1S/C12H10N4O4/c17-11(20-10-4-2-1-3-5-10)8-15-12-13-6-9(7-14-12)16(18)19/h1-7H,8H2,(H,13,14,15). The van der Waals surface area contributed by atoms with E-state index in [1.807, 2.05) is 0 Å². The van der Waals surface area contributed by atoms with Crippen LogP contribution in [0.1, 0.15) is 0 Å². The van der Waals surface area contributed by atoms with E-state index >= 15 is 0 Å². The van der Waals surface area contributed by atoms with Crippen LogP contribution in [0.4, 0.5) is 11.6 Å². The number of hydrogen-bond donors (Lipinski definition) is 1. The molecular weight excluding hydrogens is 264 g/mol. The molecule has 0 bridgehead atoms. The number of aromatic nitrogens is 2. The smallest absolute Gasteiger partial charge is 0.330 e. The van der Waals surface area contributed by atoms with Crippen LogP contribution in [-0.4, -0.2) is 27.4 Å². The summed E-state index contributed by atoms with van der Waals surface area (Å²) in [5.41, 5.74) is -0.220. The Morgan fingerprint density at radius 1 is 1.25 bits per heavy atom. The Hall–Kier alpha value is -3.03.